The minimum absolute atomic E-state index is 0.0431. The monoisotopic (exact) mass is 291 g/mol. The van der Waals surface area contributed by atoms with Gasteiger partial charge < -0.3 is 0 Å². The van der Waals surface area contributed by atoms with Gasteiger partial charge in [-0.25, -0.2) is 0 Å². The Kier molecular flexibility index (Phi) is 4.51. The molecule has 7 heteroatoms. The second kappa shape index (κ2) is 5.46. The number of hydrogen-bond donors (Lipinski definition) is 0. The van der Waals surface area contributed by atoms with Crippen LogP contribution in [-0.2, 0) is 23.8 Å². The molecule has 0 aliphatic carbocycles. The SMILES string of the molecule is CCCn1/c(=N\C(=O)C(F)(F)F)cc(C(C)(C)C)n1C. The van der Waals surface area contributed by atoms with Crippen LogP contribution >= 0.6 is 0 Å². The van der Waals surface area contributed by atoms with Crippen molar-refractivity contribution in [2.24, 2.45) is 12.0 Å². The molecule has 0 aliphatic rings. The average molecular weight is 291 g/mol. The Bertz CT molecular complexity index is 559. The van der Waals surface area contributed by atoms with Gasteiger partial charge in [0.15, 0.2) is 5.49 Å². The number of halogens is 3. The minimum Gasteiger partial charge on any atom is -0.291 e. The molecule has 0 N–H and O–H groups in total. The molecule has 1 aromatic rings. The summed E-state index contributed by atoms with van der Waals surface area (Å²) < 4.78 is 40.3. The van der Waals surface area contributed by atoms with Crippen LogP contribution in [0.15, 0.2) is 11.1 Å². The van der Waals surface area contributed by atoms with E-state index >= 15 is 0 Å². The summed E-state index contributed by atoms with van der Waals surface area (Å²) in [5, 5.41) is 0. The fourth-order valence-corrected chi connectivity index (χ4v) is 2.01. The first-order valence-corrected chi connectivity index (χ1v) is 6.41. The maximum absolute atomic E-state index is 12.3. The van der Waals surface area contributed by atoms with E-state index in [-0.39, 0.29) is 10.9 Å². The van der Waals surface area contributed by atoms with Crippen molar-refractivity contribution >= 4 is 5.91 Å². The van der Waals surface area contributed by atoms with E-state index in [4.69, 9.17) is 0 Å². The van der Waals surface area contributed by atoms with E-state index in [0.717, 1.165) is 12.1 Å². The molecular formula is C13H20F3N3O. The highest BCUT2D eigenvalue weighted by atomic mass is 19.4. The van der Waals surface area contributed by atoms with Crippen molar-refractivity contribution in [1.82, 2.24) is 9.36 Å². The summed E-state index contributed by atoms with van der Waals surface area (Å²) in [6.07, 6.45) is -4.21. The molecule has 1 amide bonds. The summed E-state index contributed by atoms with van der Waals surface area (Å²) in [5.74, 6) is -2.08. The van der Waals surface area contributed by atoms with Crippen LogP contribution in [-0.4, -0.2) is 21.4 Å². The van der Waals surface area contributed by atoms with Crippen LogP contribution in [0.3, 0.4) is 0 Å². The number of nitrogens with zero attached hydrogens (tertiary/aromatic N) is 3. The van der Waals surface area contributed by atoms with Gasteiger partial charge in [0.25, 0.3) is 0 Å². The quantitative estimate of drug-likeness (QED) is 0.825. The van der Waals surface area contributed by atoms with Crippen LogP contribution in [0.5, 0.6) is 0 Å². The number of amides is 1. The highest BCUT2D eigenvalue weighted by Gasteiger charge is 2.38. The largest absolute Gasteiger partial charge is 0.473 e. The van der Waals surface area contributed by atoms with Crippen molar-refractivity contribution in [2.75, 3.05) is 0 Å². The van der Waals surface area contributed by atoms with Gasteiger partial charge in [0, 0.05) is 30.8 Å². The summed E-state index contributed by atoms with van der Waals surface area (Å²) in [7, 11) is 1.76. The molecule has 0 fully saturated rings. The highest BCUT2D eigenvalue weighted by Crippen LogP contribution is 2.21. The first-order valence-electron chi connectivity index (χ1n) is 6.41. The second-order valence-corrected chi connectivity index (χ2v) is 5.70. The van der Waals surface area contributed by atoms with Crippen LogP contribution < -0.4 is 5.49 Å². The Morgan fingerprint density at radius 1 is 1.30 bits per heavy atom. The lowest BCUT2D eigenvalue weighted by atomic mass is 9.92. The van der Waals surface area contributed by atoms with Crippen molar-refractivity contribution in [3.8, 4) is 0 Å². The molecule has 1 aromatic heterocycles. The molecular weight excluding hydrogens is 271 g/mol. The number of hydrogen-bond acceptors (Lipinski definition) is 1. The Balaban J connectivity index is 3.47. The molecule has 20 heavy (non-hydrogen) atoms. The molecule has 0 radical (unpaired) electrons. The van der Waals surface area contributed by atoms with E-state index < -0.39 is 12.1 Å². The van der Waals surface area contributed by atoms with E-state index in [0.29, 0.717) is 6.54 Å². The third kappa shape index (κ3) is 3.52. The van der Waals surface area contributed by atoms with Gasteiger partial charge >= 0.3 is 12.1 Å². The summed E-state index contributed by atoms with van der Waals surface area (Å²) >= 11 is 0. The third-order valence-electron chi connectivity index (χ3n) is 2.90. The van der Waals surface area contributed by atoms with Crippen molar-refractivity contribution in [3.05, 3.63) is 17.2 Å². The van der Waals surface area contributed by atoms with Crippen molar-refractivity contribution in [1.29, 1.82) is 0 Å². The number of alkyl halides is 3. The Morgan fingerprint density at radius 3 is 2.25 bits per heavy atom. The Labute approximate surface area is 115 Å². The minimum atomic E-state index is -4.94. The molecule has 0 unspecified atom stereocenters. The van der Waals surface area contributed by atoms with E-state index in [9.17, 15) is 18.0 Å². The lowest BCUT2D eigenvalue weighted by Gasteiger charge is -2.20. The van der Waals surface area contributed by atoms with Gasteiger partial charge in [-0.1, -0.05) is 27.7 Å². The van der Waals surface area contributed by atoms with E-state index in [1.165, 1.54) is 0 Å². The van der Waals surface area contributed by atoms with E-state index in [2.05, 4.69) is 4.99 Å². The van der Waals surface area contributed by atoms with Crippen molar-refractivity contribution < 1.29 is 18.0 Å². The van der Waals surface area contributed by atoms with Crippen LogP contribution in [0, 0.1) is 0 Å². The maximum atomic E-state index is 12.3. The zero-order valence-corrected chi connectivity index (χ0v) is 12.4. The first kappa shape index (κ1) is 16.5. The second-order valence-electron chi connectivity index (χ2n) is 5.70. The highest BCUT2D eigenvalue weighted by molar-refractivity contribution is 5.82. The van der Waals surface area contributed by atoms with Gasteiger partial charge in [-0.3, -0.25) is 14.2 Å². The van der Waals surface area contributed by atoms with E-state index in [1.54, 1.807) is 22.5 Å². The Morgan fingerprint density at radius 2 is 1.85 bits per heavy atom. The molecule has 114 valence electrons. The summed E-state index contributed by atoms with van der Waals surface area (Å²) in [6.45, 7) is 8.26. The molecule has 1 rings (SSSR count). The van der Waals surface area contributed by atoms with E-state index in [1.807, 2.05) is 27.7 Å². The van der Waals surface area contributed by atoms with Crippen molar-refractivity contribution in [3.63, 3.8) is 0 Å². The fraction of sp³-hybridized carbons (Fsp3) is 0.692. The predicted molar refractivity (Wildman–Crippen MR) is 69.0 cm³/mol. The van der Waals surface area contributed by atoms with Crippen LogP contribution in [0.4, 0.5) is 13.2 Å². The van der Waals surface area contributed by atoms with Gasteiger partial charge in [-0.05, 0) is 6.42 Å². The predicted octanol–water partition coefficient (Wildman–Crippen LogP) is 2.52. The molecule has 0 aliphatic heterocycles. The van der Waals surface area contributed by atoms with Gasteiger partial charge in [0.1, 0.15) is 0 Å². The van der Waals surface area contributed by atoms with Gasteiger partial charge in [0.2, 0.25) is 0 Å². The molecule has 0 bridgehead atoms. The molecule has 0 saturated carbocycles. The fourth-order valence-electron chi connectivity index (χ4n) is 2.01. The van der Waals surface area contributed by atoms with Crippen molar-refractivity contribution in [2.45, 2.75) is 52.3 Å². The molecule has 0 saturated heterocycles. The molecule has 0 spiro atoms. The summed E-state index contributed by atoms with van der Waals surface area (Å²) in [5.41, 5.74) is 0.612. The van der Waals surface area contributed by atoms with Crippen LogP contribution in [0.1, 0.15) is 39.8 Å². The normalized spacial score (nSPS) is 13.9. The lowest BCUT2D eigenvalue weighted by Crippen LogP contribution is -2.28. The first-order chi connectivity index (χ1) is 8.98. The zero-order chi connectivity index (χ0) is 15.7. The number of carbonyl (C=O) groups is 1. The Hall–Kier alpha value is -1.53. The third-order valence-corrected chi connectivity index (χ3v) is 2.90. The van der Waals surface area contributed by atoms with Gasteiger partial charge in [0.05, 0.1) is 0 Å². The topological polar surface area (TPSA) is 39.3 Å². The zero-order valence-electron chi connectivity index (χ0n) is 12.4. The summed E-state index contributed by atoms with van der Waals surface area (Å²) in [6, 6.07) is 1.54. The van der Waals surface area contributed by atoms with Crippen LogP contribution in [0.2, 0.25) is 0 Å². The molecule has 0 aromatic carbocycles. The molecule has 1 heterocycles. The molecule has 4 nitrogen and oxygen atoms in total. The van der Waals surface area contributed by atoms with Crippen LogP contribution in [0.25, 0.3) is 0 Å². The van der Waals surface area contributed by atoms with Gasteiger partial charge in [-0.15, -0.1) is 0 Å². The number of rotatable bonds is 2. The molecule has 0 atom stereocenters. The van der Waals surface area contributed by atoms with Gasteiger partial charge in [-0.2, -0.15) is 18.2 Å². The maximum Gasteiger partial charge on any atom is 0.473 e. The standard InChI is InChI=1S/C13H20F3N3O/c1-6-7-19-10(17-11(20)13(14,15)16)8-9(18(19)5)12(2,3)4/h8H,6-7H2,1-5H3/b17-10-. The lowest BCUT2D eigenvalue weighted by molar-refractivity contribution is -0.169. The summed E-state index contributed by atoms with van der Waals surface area (Å²) in [4.78, 5) is 14.3. The average Bonchev–Trinajstić information content (AvgIpc) is 2.56. The number of carbonyl (C=O) groups excluding carboxylic acids is 1. The number of aromatic nitrogens is 2. The smallest absolute Gasteiger partial charge is 0.291 e.